The van der Waals surface area contributed by atoms with E-state index in [1.165, 1.54) is 24.7 Å². The van der Waals surface area contributed by atoms with Crippen LogP contribution in [-0.2, 0) is 13.0 Å². The molecule has 1 aromatic carbocycles. The summed E-state index contributed by atoms with van der Waals surface area (Å²) in [5.41, 5.74) is 1.98. The van der Waals surface area contributed by atoms with E-state index in [9.17, 15) is 9.59 Å². The lowest BCUT2D eigenvalue weighted by atomic mass is 10.1. The third-order valence-electron chi connectivity index (χ3n) is 5.87. The number of nitrogens with zero attached hydrogens (tertiary/aromatic N) is 2. The van der Waals surface area contributed by atoms with E-state index in [4.69, 9.17) is 27.4 Å². The number of benzene rings is 1. The van der Waals surface area contributed by atoms with Crippen molar-refractivity contribution < 1.29 is 36.9 Å². The van der Waals surface area contributed by atoms with Crippen LogP contribution in [0.3, 0.4) is 0 Å². The highest BCUT2D eigenvalue weighted by Crippen LogP contribution is 2.30. The molecule has 41 heavy (non-hydrogen) atoms. The summed E-state index contributed by atoms with van der Waals surface area (Å²) in [6.45, 7) is 4.46. The monoisotopic (exact) mass is 558 g/mol. The van der Waals surface area contributed by atoms with Crippen molar-refractivity contribution in [1.82, 2.24) is 20.9 Å². The maximum absolute atomic E-state index is 12.4. The van der Waals surface area contributed by atoms with Gasteiger partial charge in [0.1, 0.15) is 6.61 Å². The molecule has 5 aromatic rings. The summed E-state index contributed by atoms with van der Waals surface area (Å²) in [4.78, 5) is 24.4. The maximum Gasteiger partial charge on any atom is 0.273 e. The van der Waals surface area contributed by atoms with Crippen molar-refractivity contribution in [1.29, 1.82) is 0 Å². The Morgan fingerprint density at radius 2 is 1.63 bits per heavy atom. The highest BCUT2D eigenvalue weighted by atomic mass is 16.5. The fourth-order valence-electron chi connectivity index (χ4n) is 3.81. The second kappa shape index (κ2) is 12.6. The average Bonchev–Trinajstić information content (AvgIpc) is 3.81. The van der Waals surface area contributed by atoms with Crippen LogP contribution in [0.5, 0.6) is 11.5 Å². The van der Waals surface area contributed by atoms with E-state index in [1.54, 1.807) is 37.5 Å². The van der Waals surface area contributed by atoms with Gasteiger partial charge in [-0.05, 0) is 42.3 Å². The molecule has 0 aliphatic heterocycles. The zero-order chi connectivity index (χ0) is 28.6. The molecular weight excluding hydrogens is 532 g/mol. The summed E-state index contributed by atoms with van der Waals surface area (Å²) in [7, 11) is 1.55. The van der Waals surface area contributed by atoms with Crippen molar-refractivity contribution in [3.05, 3.63) is 96.2 Å². The Hall–Kier alpha value is -5.52. The van der Waals surface area contributed by atoms with Crippen molar-refractivity contribution in [3.63, 3.8) is 0 Å². The molecule has 0 unspecified atom stereocenters. The van der Waals surface area contributed by atoms with Crippen molar-refractivity contribution in [2.45, 2.75) is 13.0 Å². The van der Waals surface area contributed by atoms with Gasteiger partial charge in [-0.1, -0.05) is 22.5 Å². The van der Waals surface area contributed by atoms with Crippen molar-refractivity contribution >= 4 is 11.8 Å². The SMILES string of the molecule is C=CCNC(=O)c1cc(-c2cc(COc3ccc(CCNC(=O)c4cc(-c5ccco5)on4)cc3OC)co2)on1. The summed E-state index contributed by atoms with van der Waals surface area (Å²) < 4.78 is 32.7. The molecule has 0 spiro atoms. The van der Waals surface area contributed by atoms with Crippen LogP contribution in [0.2, 0.25) is 0 Å². The number of aromatic nitrogens is 2. The van der Waals surface area contributed by atoms with Crippen LogP contribution < -0.4 is 20.1 Å². The zero-order valence-electron chi connectivity index (χ0n) is 22.0. The molecular formula is C29H26N4O8. The van der Waals surface area contributed by atoms with E-state index in [0.29, 0.717) is 54.1 Å². The molecule has 210 valence electrons. The van der Waals surface area contributed by atoms with Gasteiger partial charge in [-0.15, -0.1) is 6.58 Å². The predicted octanol–water partition coefficient (Wildman–Crippen LogP) is 4.66. The lowest BCUT2D eigenvalue weighted by Crippen LogP contribution is -2.25. The molecule has 0 aliphatic rings. The molecule has 5 rings (SSSR count). The highest BCUT2D eigenvalue weighted by Gasteiger charge is 2.17. The van der Waals surface area contributed by atoms with Crippen LogP contribution in [0.4, 0.5) is 0 Å². The molecule has 0 saturated heterocycles. The smallest absolute Gasteiger partial charge is 0.273 e. The lowest BCUT2D eigenvalue weighted by Gasteiger charge is -2.12. The Morgan fingerprint density at radius 3 is 2.34 bits per heavy atom. The third kappa shape index (κ3) is 6.56. The molecule has 0 radical (unpaired) electrons. The fraction of sp³-hybridized carbons (Fsp3) is 0.172. The maximum atomic E-state index is 12.4. The molecule has 12 heteroatoms. The minimum absolute atomic E-state index is 0.137. The van der Waals surface area contributed by atoms with Gasteiger partial charge in [0.2, 0.25) is 11.5 Å². The minimum Gasteiger partial charge on any atom is -0.493 e. The number of ether oxygens (including phenoxy) is 2. The number of hydrogen-bond acceptors (Lipinski definition) is 10. The summed E-state index contributed by atoms with van der Waals surface area (Å²) >= 11 is 0. The first-order valence-corrected chi connectivity index (χ1v) is 12.6. The highest BCUT2D eigenvalue weighted by molar-refractivity contribution is 5.93. The van der Waals surface area contributed by atoms with E-state index >= 15 is 0 Å². The first-order chi connectivity index (χ1) is 20.0. The van der Waals surface area contributed by atoms with E-state index in [2.05, 4.69) is 27.5 Å². The van der Waals surface area contributed by atoms with Gasteiger partial charge >= 0.3 is 0 Å². The minimum atomic E-state index is -0.373. The average molecular weight is 559 g/mol. The Labute approximate surface area is 233 Å². The number of amides is 2. The normalized spacial score (nSPS) is 10.8. The van der Waals surface area contributed by atoms with Gasteiger partial charge in [0, 0.05) is 30.8 Å². The summed E-state index contributed by atoms with van der Waals surface area (Å²) in [6.07, 6.45) is 5.17. The molecule has 12 nitrogen and oxygen atoms in total. The van der Waals surface area contributed by atoms with E-state index in [0.717, 1.165) is 11.1 Å². The second-order valence-electron chi connectivity index (χ2n) is 8.73. The van der Waals surface area contributed by atoms with Gasteiger partial charge in [-0.25, -0.2) is 0 Å². The fourth-order valence-corrected chi connectivity index (χ4v) is 3.81. The molecule has 4 aromatic heterocycles. The van der Waals surface area contributed by atoms with Crippen LogP contribution in [0.15, 0.2) is 91.6 Å². The van der Waals surface area contributed by atoms with Crippen LogP contribution in [-0.4, -0.2) is 42.3 Å². The molecule has 0 saturated carbocycles. The zero-order valence-corrected chi connectivity index (χ0v) is 22.0. The first-order valence-electron chi connectivity index (χ1n) is 12.6. The van der Waals surface area contributed by atoms with E-state index < -0.39 is 0 Å². The van der Waals surface area contributed by atoms with Crippen molar-refractivity contribution in [2.24, 2.45) is 0 Å². The van der Waals surface area contributed by atoms with Gasteiger partial charge in [0.05, 0.1) is 19.6 Å². The van der Waals surface area contributed by atoms with Gasteiger partial charge in [-0.3, -0.25) is 9.59 Å². The van der Waals surface area contributed by atoms with Gasteiger partial charge < -0.3 is 38.0 Å². The predicted molar refractivity (Wildman–Crippen MR) is 144 cm³/mol. The van der Waals surface area contributed by atoms with Gasteiger partial charge in [0.25, 0.3) is 11.8 Å². The molecule has 0 bridgehead atoms. The summed E-state index contributed by atoms with van der Waals surface area (Å²) in [6, 6.07) is 13.7. The first kappa shape index (κ1) is 27.1. The van der Waals surface area contributed by atoms with E-state index in [-0.39, 0.29) is 29.8 Å². The quantitative estimate of drug-likeness (QED) is 0.195. The number of methoxy groups -OCH3 is 1. The number of carbonyl (C=O) groups is 2. The lowest BCUT2D eigenvalue weighted by molar-refractivity contribution is 0.0938. The molecule has 0 aliphatic carbocycles. The number of nitrogens with one attached hydrogen (secondary N) is 2. The largest absolute Gasteiger partial charge is 0.493 e. The van der Waals surface area contributed by atoms with Gasteiger partial charge in [0.15, 0.2) is 34.4 Å². The Balaban J connectivity index is 1.12. The van der Waals surface area contributed by atoms with Crippen molar-refractivity contribution in [2.75, 3.05) is 20.2 Å². The molecule has 2 amide bonds. The van der Waals surface area contributed by atoms with Gasteiger partial charge in [-0.2, -0.15) is 0 Å². The third-order valence-corrected chi connectivity index (χ3v) is 5.87. The van der Waals surface area contributed by atoms with Crippen LogP contribution in [0.1, 0.15) is 32.1 Å². The number of carbonyl (C=O) groups excluding carboxylic acids is 2. The van der Waals surface area contributed by atoms with Crippen LogP contribution >= 0.6 is 0 Å². The number of rotatable bonds is 13. The summed E-state index contributed by atoms with van der Waals surface area (Å²) in [5, 5.41) is 13.0. The topological polar surface area (TPSA) is 155 Å². The number of furan rings is 2. The molecule has 0 atom stereocenters. The van der Waals surface area contributed by atoms with Crippen molar-refractivity contribution in [3.8, 4) is 34.5 Å². The summed E-state index contributed by atoms with van der Waals surface area (Å²) in [5.74, 6) is 1.95. The Kier molecular flexibility index (Phi) is 8.29. The molecule has 4 heterocycles. The second-order valence-corrected chi connectivity index (χ2v) is 8.73. The number of hydrogen-bond donors (Lipinski definition) is 2. The van der Waals surface area contributed by atoms with Crippen LogP contribution in [0.25, 0.3) is 23.0 Å². The Bertz CT molecular complexity index is 1630. The standard InChI is InChI=1S/C29H26N4O8/c1-3-9-30-28(34)21-15-27(41-33-21)25-13-19(17-39-25)16-38-23-7-6-18(12-24(23)36-2)8-10-31-29(35)20-14-26(40-32-20)22-5-4-11-37-22/h3-7,11-15,17H,1,8-10,16H2,2H3,(H,30,34)(H,31,35). The van der Waals surface area contributed by atoms with E-state index in [1.807, 2.05) is 12.1 Å². The molecule has 2 N–H and O–H groups in total. The van der Waals surface area contributed by atoms with Crippen LogP contribution in [0, 0.1) is 0 Å². The Morgan fingerprint density at radius 1 is 0.878 bits per heavy atom. The molecule has 0 fully saturated rings.